The quantitative estimate of drug-likeness (QED) is 0.855. The molecule has 0 saturated carbocycles. The summed E-state index contributed by atoms with van der Waals surface area (Å²) in [5, 5.41) is 1.24. The summed E-state index contributed by atoms with van der Waals surface area (Å²) in [5.74, 6) is -0.692. The Morgan fingerprint density at radius 2 is 1.96 bits per heavy atom. The average molecular weight is 316 g/mol. The molecular weight excluding hydrogens is 296 g/mol. The van der Waals surface area contributed by atoms with E-state index in [4.69, 9.17) is 0 Å². The minimum absolute atomic E-state index is 0.109. The zero-order valence-corrected chi connectivity index (χ0v) is 13.5. The van der Waals surface area contributed by atoms with Crippen LogP contribution in [0.5, 0.6) is 0 Å². The number of H-pyrrole nitrogens is 1. The number of carbonyl (C=O) groups excluding carboxylic acids is 2. The number of amides is 1. The van der Waals surface area contributed by atoms with Gasteiger partial charge in [-0.2, -0.15) is 0 Å². The second-order valence-electron chi connectivity index (χ2n) is 5.52. The first kappa shape index (κ1) is 16.7. The molecule has 6 heteroatoms. The summed E-state index contributed by atoms with van der Waals surface area (Å²) in [6.45, 7) is 3.95. The van der Waals surface area contributed by atoms with E-state index in [1.165, 1.54) is 12.0 Å². The second kappa shape index (κ2) is 7.09. The first-order valence-electron chi connectivity index (χ1n) is 7.44. The topological polar surface area (TPSA) is 79.5 Å². The molecule has 122 valence electrons. The van der Waals surface area contributed by atoms with Crippen molar-refractivity contribution in [1.82, 2.24) is 9.88 Å². The molecule has 0 unspecified atom stereocenters. The summed E-state index contributed by atoms with van der Waals surface area (Å²) in [5.41, 5.74) is -0.0876. The lowest BCUT2D eigenvalue weighted by Gasteiger charge is -2.26. The molecule has 0 aliphatic rings. The molecule has 1 amide bonds. The van der Waals surface area contributed by atoms with Crippen molar-refractivity contribution in [2.75, 3.05) is 13.7 Å². The smallest absolute Gasteiger partial charge is 0.307 e. The van der Waals surface area contributed by atoms with Crippen LogP contribution in [0.1, 0.15) is 30.8 Å². The van der Waals surface area contributed by atoms with Crippen molar-refractivity contribution < 1.29 is 14.3 Å². The number of hydrogen-bond donors (Lipinski definition) is 1. The maximum Gasteiger partial charge on any atom is 0.307 e. The normalized spacial score (nSPS) is 10.8. The molecule has 1 heterocycles. The number of hydrogen-bond acceptors (Lipinski definition) is 4. The van der Waals surface area contributed by atoms with Crippen LogP contribution in [-0.2, 0) is 9.53 Å². The standard InChI is InChI=1S/C17H20N2O4/c1-11(2)19(9-8-15(20)23-3)17(22)14-10-12-6-4-5-7-13(12)16(21)18-14/h4-7,10-11H,8-9H2,1-3H3,(H,18,21). The fourth-order valence-electron chi connectivity index (χ4n) is 2.39. The highest BCUT2D eigenvalue weighted by Gasteiger charge is 2.21. The predicted molar refractivity (Wildman–Crippen MR) is 87.4 cm³/mol. The van der Waals surface area contributed by atoms with Gasteiger partial charge in [0.1, 0.15) is 5.69 Å². The fourth-order valence-corrected chi connectivity index (χ4v) is 2.39. The van der Waals surface area contributed by atoms with E-state index in [1.54, 1.807) is 24.3 Å². The van der Waals surface area contributed by atoms with Crippen molar-refractivity contribution in [3.05, 3.63) is 46.4 Å². The molecular formula is C17H20N2O4. The van der Waals surface area contributed by atoms with Gasteiger partial charge >= 0.3 is 5.97 Å². The molecule has 0 aliphatic heterocycles. The van der Waals surface area contributed by atoms with E-state index in [1.807, 2.05) is 19.9 Å². The molecule has 0 aliphatic carbocycles. The van der Waals surface area contributed by atoms with Gasteiger partial charge < -0.3 is 14.6 Å². The number of fused-ring (bicyclic) bond motifs is 1. The van der Waals surface area contributed by atoms with E-state index in [9.17, 15) is 14.4 Å². The number of carbonyl (C=O) groups is 2. The molecule has 2 aromatic rings. The van der Waals surface area contributed by atoms with Gasteiger partial charge in [-0.05, 0) is 31.4 Å². The molecule has 0 atom stereocenters. The van der Waals surface area contributed by atoms with E-state index >= 15 is 0 Å². The van der Waals surface area contributed by atoms with E-state index in [-0.39, 0.29) is 42.1 Å². The van der Waals surface area contributed by atoms with Gasteiger partial charge in [0.05, 0.1) is 13.5 Å². The van der Waals surface area contributed by atoms with Gasteiger partial charge in [0.2, 0.25) is 0 Å². The molecule has 1 N–H and O–H groups in total. The van der Waals surface area contributed by atoms with Crippen LogP contribution in [0.2, 0.25) is 0 Å². The molecule has 1 aromatic carbocycles. The van der Waals surface area contributed by atoms with Crippen LogP contribution in [-0.4, -0.2) is 41.5 Å². The number of nitrogens with zero attached hydrogens (tertiary/aromatic N) is 1. The number of rotatable bonds is 5. The largest absolute Gasteiger partial charge is 0.469 e. The highest BCUT2D eigenvalue weighted by Crippen LogP contribution is 2.13. The molecule has 0 spiro atoms. The Hall–Kier alpha value is -2.63. The van der Waals surface area contributed by atoms with Gasteiger partial charge in [0.25, 0.3) is 11.5 Å². The zero-order valence-electron chi connectivity index (χ0n) is 13.5. The van der Waals surface area contributed by atoms with E-state index in [0.717, 1.165) is 0 Å². The second-order valence-corrected chi connectivity index (χ2v) is 5.52. The third-order valence-corrected chi connectivity index (χ3v) is 3.65. The monoisotopic (exact) mass is 316 g/mol. The van der Waals surface area contributed by atoms with Crippen LogP contribution in [0, 0.1) is 0 Å². The van der Waals surface area contributed by atoms with Crippen LogP contribution >= 0.6 is 0 Å². The van der Waals surface area contributed by atoms with E-state index in [0.29, 0.717) is 10.8 Å². The minimum atomic E-state index is -0.379. The van der Waals surface area contributed by atoms with Crippen LogP contribution in [0.15, 0.2) is 35.1 Å². The highest BCUT2D eigenvalue weighted by molar-refractivity contribution is 5.96. The third kappa shape index (κ3) is 3.77. The number of ether oxygens (including phenoxy) is 1. The first-order chi connectivity index (χ1) is 10.9. The Bertz CT molecular complexity index is 780. The number of nitrogens with one attached hydrogen (secondary N) is 1. The van der Waals surface area contributed by atoms with Crippen molar-refractivity contribution in [3.63, 3.8) is 0 Å². The molecule has 0 radical (unpaired) electrons. The van der Waals surface area contributed by atoms with Gasteiger partial charge in [-0.1, -0.05) is 18.2 Å². The number of esters is 1. The number of methoxy groups -OCH3 is 1. The average Bonchev–Trinajstić information content (AvgIpc) is 2.54. The number of aromatic nitrogens is 1. The van der Waals surface area contributed by atoms with Crippen LogP contribution < -0.4 is 5.56 Å². The predicted octanol–water partition coefficient (Wildman–Crippen LogP) is 1.94. The van der Waals surface area contributed by atoms with Gasteiger partial charge in [0, 0.05) is 18.0 Å². The Morgan fingerprint density at radius 3 is 2.61 bits per heavy atom. The van der Waals surface area contributed by atoms with E-state index < -0.39 is 0 Å². The summed E-state index contributed by atoms with van der Waals surface area (Å²) < 4.78 is 4.61. The summed E-state index contributed by atoms with van der Waals surface area (Å²) in [7, 11) is 1.31. The summed E-state index contributed by atoms with van der Waals surface area (Å²) in [6.07, 6.45) is 0.109. The Morgan fingerprint density at radius 1 is 1.26 bits per heavy atom. The molecule has 0 fully saturated rings. The van der Waals surface area contributed by atoms with Crippen molar-refractivity contribution in [1.29, 1.82) is 0 Å². The van der Waals surface area contributed by atoms with Crippen molar-refractivity contribution in [2.24, 2.45) is 0 Å². The summed E-state index contributed by atoms with van der Waals surface area (Å²) in [4.78, 5) is 40.3. The fraction of sp³-hybridized carbons (Fsp3) is 0.353. The van der Waals surface area contributed by atoms with Gasteiger partial charge in [-0.15, -0.1) is 0 Å². The number of aromatic amines is 1. The van der Waals surface area contributed by atoms with Crippen LogP contribution in [0.4, 0.5) is 0 Å². The van der Waals surface area contributed by atoms with Crippen LogP contribution in [0.25, 0.3) is 10.8 Å². The third-order valence-electron chi connectivity index (χ3n) is 3.65. The lowest BCUT2D eigenvalue weighted by molar-refractivity contribution is -0.140. The van der Waals surface area contributed by atoms with Gasteiger partial charge in [-0.25, -0.2) is 0 Å². The maximum absolute atomic E-state index is 12.7. The Labute approximate surface area is 134 Å². The van der Waals surface area contributed by atoms with Crippen molar-refractivity contribution in [2.45, 2.75) is 26.3 Å². The minimum Gasteiger partial charge on any atom is -0.469 e. The molecule has 0 saturated heterocycles. The molecule has 0 bridgehead atoms. The van der Waals surface area contributed by atoms with Gasteiger partial charge in [0.15, 0.2) is 0 Å². The van der Waals surface area contributed by atoms with Crippen molar-refractivity contribution in [3.8, 4) is 0 Å². The Balaban J connectivity index is 2.32. The first-order valence-corrected chi connectivity index (χ1v) is 7.44. The Kier molecular flexibility index (Phi) is 5.16. The van der Waals surface area contributed by atoms with Crippen LogP contribution in [0.3, 0.4) is 0 Å². The zero-order chi connectivity index (χ0) is 17.0. The highest BCUT2D eigenvalue weighted by atomic mass is 16.5. The van der Waals surface area contributed by atoms with Crippen molar-refractivity contribution >= 4 is 22.6 Å². The summed E-state index contributed by atoms with van der Waals surface area (Å²) >= 11 is 0. The lowest BCUT2D eigenvalue weighted by atomic mass is 10.1. The SMILES string of the molecule is COC(=O)CCN(C(=O)c1cc2ccccc2c(=O)[nH]1)C(C)C. The molecule has 6 nitrogen and oxygen atoms in total. The number of benzene rings is 1. The molecule has 23 heavy (non-hydrogen) atoms. The number of pyridine rings is 1. The molecule has 2 rings (SSSR count). The maximum atomic E-state index is 12.7. The van der Waals surface area contributed by atoms with E-state index in [2.05, 4.69) is 9.72 Å². The summed E-state index contributed by atoms with van der Waals surface area (Å²) in [6, 6.07) is 8.63. The lowest BCUT2D eigenvalue weighted by Crippen LogP contribution is -2.39. The molecule has 1 aromatic heterocycles. The van der Waals surface area contributed by atoms with Gasteiger partial charge in [-0.3, -0.25) is 14.4 Å².